The van der Waals surface area contributed by atoms with Crippen LogP contribution >= 0.6 is 11.8 Å². The van der Waals surface area contributed by atoms with E-state index in [4.69, 9.17) is 0 Å². The smallest absolute Gasteiger partial charge is 0.319 e. The van der Waals surface area contributed by atoms with E-state index >= 15 is 0 Å². The van der Waals surface area contributed by atoms with Crippen molar-refractivity contribution in [3.63, 3.8) is 0 Å². The number of amides is 2. The summed E-state index contributed by atoms with van der Waals surface area (Å²) < 4.78 is 1.75. The number of carbonyl (C=O) groups excluding carboxylic acids is 1. The standard InChI is InChI=1S/C15H21N5OS/c1-2-10-22-14-7-4-3-6-13(14)19-15(21)17-8-5-9-20-12-16-11-18-20/h3-4,6-7,11-12H,2,5,8-10H2,1H3,(H2,17,19,21). The van der Waals surface area contributed by atoms with Gasteiger partial charge in [-0.05, 0) is 30.7 Å². The lowest BCUT2D eigenvalue weighted by molar-refractivity contribution is 0.251. The van der Waals surface area contributed by atoms with Crippen LogP contribution in [0.3, 0.4) is 0 Å². The summed E-state index contributed by atoms with van der Waals surface area (Å²) in [5.41, 5.74) is 0.856. The molecular weight excluding hydrogens is 298 g/mol. The number of anilines is 1. The number of nitrogens with zero attached hydrogens (tertiary/aromatic N) is 3. The minimum absolute atomic E-state index is 0.178. The van der Waals surface area contributed by atoms with E-state index in [0.29, 0.717) is 6.54 Å². The van der Waals surface area contributed by atoms with Gasteiger partial charge in [-0.3, -0.25) is 4.68 Å². The average molecular weight is 319 g/mol. The molecule has 0 unspecified atom stereocenters. The summed E-state index contributed by atoms with van der Waals surface area (Å²) in [6.07, 6.45) is 5.09. The molecule has 6 nitrogen and oxygen atoms in total. The zero-order chi connectivity index (χ0) is 15.6. The molecule has 2 rings (SSSR count). The number of nitrogens with one attached hydrogen (secondary N) is 2. The number of hydrogen-bond donors (Lipinski definition) is 2. The minimum atomic E-state index is -0.178. The Morgan fingerprint density at radius 2 is 2.23 bits per heavy atom. The fraction of sp³-hybridized carbons (Fsp3) is 0.400. The van der Waals surface area contributed by atoms with Gasteiger partial charge < -0.3 is 10.6 Å². The van der Waals surface area contributed by atoms with Crippen LogP contribution in [0.25, 0.3) is 0 Å². The van der Waals surface area contributed by atoms with Crippen LogP contribution in [0.1, 0.15) is 19.8 Å². The van der Waals surface area contributed by atoms with Crippen LogP contribution in [0.5, 0.6) is 0 Å². The molecule has 0 atom stereocenters. The number of hydrogen-bond acceptors (Lipinski definition) is 4. The highest BCUT2D eigenvalue weighted by molar-refractivity contribution is 7.99. The van der Waals surface area contributed by atoms with Crippen molar-refractivity contribution in [1.82, 2.24) is 20.1 Å². The molecule has 0 fully saturated rings. The second kappa shape index (κ2) is 9.09. The monoisotopic (exact) mass is 319 g/mol. The second-order valence-corrected chi connectivity index (χ2v) is 5.87. The van der Waals surface area contributed by atoms with Gasteiger partial charge in [-0.25, -0.2) is 9.78 Å². The van der Waals surface area contributed by atoms with E-state index < -0.39 is 0 Å². The Bertz CT molecular complexity index is 573. The van der Waals surface area contributed by atoms with E-state index in [9.17, 15) is 4.79 Å². The van der Waals surface area contributed by atoms with Crippen molar-refractivity contribution in [3.05, 3.63) is 36.9 Å². The lowest BCUT2D eigenvalue weighted by Gasteiger charge is -2.11. The molecule has 0 aliphatic rings. The quantitative estimate of drug-likeness (QED) is 0.579. The van der Waals surface area contributed by atoms with Crippen molar-refractivity contribution in [2.75, 3.05) is 17.6 Å². The van der Waals surface area contributed by atoms with Crippen molar-refractivity contribution in [3.8, 4) is 0 Å². The second-order valence-electron chi connectivity index (χ2n) is 4.74. The van der Waals surface area contributed by atoms with E-state index in [2.05, 4.69) is 27.6 Å². The van der Waals surface area contributed by atoms with Gasteiger partial charge >= 0.3 is 6.03 Å². The lowest BCUT2D eigenvalue weighted by Crippen LogP contribution is -2.30. The molecule has 0 aliphatic carbocycles. The molecule has 22 heavy (non-hydrogen) atoms. The van der Waals surface area contributed by atoms with Gasteiger partial charge in [0.1, 0.15) is 12.7 Å². The van der Waals surface area contributed by atoms with Gasteiger partial charge in [0.05, 0.1) is 5.69 Å². The van der Waals surface area contributed by atoms with Gasteiger partial charge in [-0.2, -0.15) is 5.10 Å². The Morgan fingerprint density at radius 3 is 3.00 bits per heavy atom. The molecule has 0 saturated heterocycles. The number of thioether (sulfide) groups is 1. The molecule has 1 aromatic heterocycles. The fourth-order valence-corrected chi connectivity index (χ4v) is 2.74. The first-order chi connectivity index (χ1) is 10.8. The number of aromatic nitrogens is 3. The van der Waals surface area contributed by atoms with Crippen LogP contribution in [-0.4, -0.2) is 33.1 Å². The molecule has 7 heteroatoms. The molecule has 2 aromatic rings. The van der Waals surface area contributed by atoms with Crippen LogP contribution in [0, 0.1) is 0 Å². The number of para-hydroxylation sites is 1. The first kappa shape index (κ1) is 16.4. The van der Waals surface area contributed by atoms with Gasteiger partial charge in [-0.15, -0.1) is 11.8 Å². The van der Waals surface area contributed by atoms with E-state index in [1.54, 1.807) is 22.8 Å². The number of rotatable bonds is 8. The fourth-order valence-electron chi connectivity index (χ4n) is 1.87. The maximum Gasteiger partial charge on any atom is 0.319 e. The highest BCUT2D eigenvalue weighted by atomic mass is 32.2. The molecule has 0 radical (unpaired) electrons. The molecule has 1 aromatic carbocycles. The topological polar surface area (TPSA) is 71.8 Å². The highest BCUT2D eigenvalue weighted by Gasteiger charge is 2.06. The summed E-state index contributed by atoms with van der Waals surface area (Å²) in [6.45, 7) is 3.48. The van der Waals surface area contributed by atoms with E-state index in [1.165, 1.54) is 6.33 Å². The number of benzene rings is 1. The minimum Gasteiger partial charge on any atom is -0.338 e. The number of aryl methyl sites for hydroxylation is 1. The third-order valence-corrected chi connectivity index (χ3v) is 4.19. The first-order valence-electron chi connectivity index (χ1n) is 7.38. The summed E-state index contributed by atoms with van der Waals surface area (Å²) in [6, 6.07) is 7.69. The van der Waals surface area contributed by atoms with Gasteiger partial charge in [0.15, 0.2) is 0 Å². The molecule has 2 N–H and O–H groups in total. The number of carbonyl (C=O) groups is 1. The van der Waals surface area contributed by atoms with Crippen molar-refractivity contribution < 1.29 is 4.79 Å². The molecule has 0 saturated carbocycles. The number of urea groups is 1. The SMILES string of the molecule is CCCSc1ccccc1NC(=O)NCCCn1cncn1. The van der Waals surface area contributed by atoms with Gasteiger partial charge in [0, 0.05) is 18.0 Å². The lowest BCUT2D eigenvalue weighted by atomic mass is 10.3. The van der Waals surface area contributed by atoms with E-state index in [0.717, 1.165) is 35.7 Å². The predicted octanol–water partition coefficient (Wildman–Crippen LogP) is 2.99. The van der Waals surface area contributed by atoms with E-state index in [1.807, 2.05) is 24.3 Å². The Hall–Kier alpha value is -2.02. The van der Waals surface area contributed by atoms with Gasteiger partial charge in [-0.1, -0.05) is 19.1 Å². The maximum absolute atomic E-state index is 11.9. The Kier molecular flexibility index (Phi) is 6.76. The largest absolute Gasteiger partial charge is 0.338 e. The molecule has 1 heterocycles. The first-order valence-corrected chi connectivity index (χ1v) is 8.37. The molecular formula is C15H21N5OS. The zero-order valence-electron chi connectivity index (χ0n) is 12.7. The summed E-state index contributed by atoms with van der Waals surface area (Å²) in [5.74, 6) is 1.04. The Labute approximate surface area is 134 Å². The molecule has 0 bridgehead atoms. The normalized spacial score (nSPS) is 10.4. The molecule has 0 aliphatic heterocycles. The van der Waals surface area contributed by atoms with Gasteiger partial charge in [0.2, 0.25) is 0 Å². The molecule has 118 valence electrons. The molecule has 2 amide bonds. The Balaban J connectivity index is 1.74. The summed E-state index contributed by atoms with van der Waals surface area (Å²) in [4.78, 5) is 16.9. The van der Waals surface area contributed by atoms with Crippen molar-refractivity contribution in [2.45, 2.75) is 31.2 Å². The average Bonchev–Trinajstić information content (AvgIpc) is 3.04. The summed E-state index contributed by atoms with van der Waals surface area (Å²) >= 11 is 1.75. The predicted molar refractivity (Wildman–Crippen MR) is 89.1 cm³/mol. The highest BCUT2D eigenvalue weighted by Crippen LogP contribution is 2.27. The zero-order valence-corrected chi connectivity index (χ0v) is 13.5. The third-order valence-electron chi connectivity index (χ3n) is 2.91. The van der Waals surface area contributed by atoms with Crippen LogP contribution < -0.4 is 10.6 Å². The van der Waals surface area contributed by atoms with Gasteiger partial charge in [0.25, 0.3) is 0 Å². The van der Waals surface area contributed by atoms with Crippen LogP contribution in [-0.2, 0) is 6.54 Å². The van der Waals surface area contributed by atoms with Crippen LogP contribution in [0.15, 0.2) is 41.8 Å². The third kappa shape index (κ3) is 5.40. The summed E-state index contributed by atoms with van der Waals surface area (Å²) in [7, 11) is 0. The maximum atomic E-state index is 11.9. The van der Waals surface area contributed by atoms with Crippen molar-refractivity contribution >= 4 is 23.5 Å². The van der Waals surface area contributed by atoms with Crippen LogP contribution in [0.2, 0.25) is 0 Å². The van der Waals surface area contributed by atoms with E-state index in [-0.39, 0.29) is 6.03 Å². The Morgan fingerprint density at radius 1 is 1.36 bits per heavy atom. The molecule has 0 spiro atoms. The van der Waals surface area contributed by atoms with Crippen molar-refractivity contribution in [2.24, 2.45) is 0 Å². The van der Waals surface area contributed by atoms with Crippen LogP contribution in [0.4, 0.5) is 10.5 Å². The van der Waals surface area contributed by atoms with Crippen molar-refractivity contribution in [1.29, 1.82) is 0 Å². The summed E-state index contributed by atoms with van der Waals surface area (Å²) in [5, 5.41) is 9.78.